The lowest BCUT2D eigenvalue weighted by Crippen LogP contribution is -2.45. The van der Waals surface area contributed by atoms with Gasteiger partial charge >= 0.3 is 12.0 Å². The van der Waals surface area contributed by atoms with E-state index in [1.165, 1.54) is 6.26 Å². The Balaban J connectivity index is 1.85. The third kappa shape index (κ3) is 2.79. The molecule has 1 aliphatic heterocycles. The molecule has 1 fully saturated rings. The summed E-state index contributed by atoms with van der Waals surface area (Å²) in [4.78, 5) is 24.1. The molecule has 1 aromatic heterocycles. The monoisotopic (exact) mass is 290 g/mol. The fourth-order valence-corrected chi connectivity index (χ4v) is 2.85. The van der Waals surface area contributed by atoms with Crippen LogP contribution in [0.5, 0.6) is 0 Å². The van der Waals surface area contributed by atoms with E-state index in [9.17, 15) is 9.59 Å². The zero-order chi connectivity index (χ0) is 14.8. The first-order valence-electron chi connectivity index (χ1n) is 7.18. The number of carbonyl (C=O) groups is 2. The lowest BCUT2D eigenvalue weighted by Gasteiger charge is -2.27. The van der Waals surface area contributed by atoms with Gasteiger partial charge in [0.25, 0.3) is 0 Å². The molecular weight excluding hydrogens is 272 g/mol. The maximum Gasteiger partial charge on any atom is 0.338 e. The summed E-state index contributed by atoms with van der Waals surface area (Å²) in [5.41, 5.74) is 0.902. The first-order chi connectivity index (χ1) is 10.1. The van der Waals surface area contributed by atoms with Crippen molar-refractivity contribution >= 4 is 12.0 Å². The Morgan fingerprint density at radius 1 is 1.38 bits per heavy atom. The molecule has 0 spiro atoms. The predicted molar refractivity (Wildman–Crippen MR) is 74.2 cm³/mol. The molecule has 0 saturated heterocycles. The van der Waals surface area contributed by atoms with E-state index in [4.69, 9.17) is 9.15 Å². The SMILES string of the molecule is CC1=C(C(=O)OC2CCCC2)C(c2ccco2)NC(=O)N1. The third-order valence-corrected chi connectivity index (χ3v) is 3.89. The quantitative estimate of drug-likeness (QED) is 0.838. The Hall–Kier alpha value is -2.24. The van der Waals surface area contributed by atoms with Gasteiger partial charge in [0.15, 0.2) is 0 Å². The number of hydrogen-bond donors (Lipinski definition) is 2. The van der Waals surface area contributed by atoms with Gasteiger partial charge in [-0.05, 0) is 44.7 Å². The number of furan rings is 1. The van der Waals surface area contributed by atoms with Crippen molar-refractivity contribution in [2.24, 2.45) is 0 Å². The highest BCUT2D eigenvalue weighted by molar-refractivity contribution is 5.94. The molecule has 1 saturated carbocycles. The molecule has 6 nitrogen and oxygen atoms in total. The van der Waals surface area contributed by atoms with E-state index in [0.29, 0.717) is 17.0 Å². The highest BCUT2D eigenvalue weighted by Gasteiger charge is 2.35. The van der Waals surface area contributed by atoms with Crippen LogP contribution in [-0.4, -0.2) is 18.1 Å². The van der Waals surface area contributed by atoms with E-state index < -0.39 is 12.0 Å². The van der Waals surface area contributed by atoms with Crippen molar-refractivity contribution in [1.82, 2.24) is 10.6 Å². The van der Waals surface area contributed by atoms with E-state index in [-0.39, 0.29) is 12.1 Å². The van der Waals surface area contributed by atoms with Gasteiger partial charge in [-0.15, -0.1) is 0 Å². The molecule has 0 bridgehead atoms. The highest BCUT2D eigenvalue weighted by Crippen LogP contribution is 2.30. The highest BCUT2D eigenvalue weighted by atomic mass is 16.5. The summed E-state index contributed by atoms with van der Waals surface area (Å²) in [6.45, 7) is 1.69. The first kappa shape index (κ1) is 13.7. The average molecular weight is 290 g/mol. The van der Waals surface area contributed by atoms with Crippen molar-refractivity contribution in [3.8, 4) is 0 Å². The van der Waals surface area contributed by atoms with Crippen molar-refractivity contribution in [3.05, 3.63) is 35.4 Å². The number of allylic oxidation sites excluding steroid dienone is 1. The van der Waals surface area contributed by atoms with Crippen LogP contribution in [0.4, 0.5) is 4.79 Å². The molecule has 0 aromatic carbocycles. The Morgan fingerprint density at radius 3 is 2.81 bits per heavy atom. The third-order valence-electron chi connectivity index (χ3n) is 3.89. The number of esters is 1. The van der Waals surface area contributed by atoms with Gasteiger partial charge in [0.2, 0.25) is 0 Å². The summed E-state index contributed by atoms with van der Waals surface area (Å²) >= 11 is 0. The Bertz CT molecular complexity index is 571. The average Bonchev–Trinajstić information content (AvgIpc) is 3.10. The van der Waals surface area contributed by atoms with Crippen LogP contribution in [-0.2, 0) is 9.53 Å². The fourth-order valence-electron chi connectivity index (χ4n) is 2.85. The zero-order valence-corrected chi connectivity index (χ0v) is 11.8. The molecule has 0 radical (unpaired) electrons. The summed E-state index contributed by atoms with van der Waals surface area (Å²) in [6, 6.07) is 2.49. The maximum absolute atomic E-state index is 12.5. The molecule has 1 aliphatic carbocycles. The van der Waals surface area contributed by atoms with Gasteiger partial charge < -0.3 is 19.8 Å². The van der Waals surface area contributed by atoms with E-state index in [0.717, 1.165) is 25.7 Å². The number of nitrogens with one attached hydrogen (secondary N) is 2. The second-order valence-corrected chi connectivity index (χ2v) is 5.40. The molecule has 1 unspecified atom stereocenters. The lowest BCUT2D eigenvalue weighted by atomic mass is 10.0. The molecule has 21 heavy (non-hydrogen) atoms. The van der Waals surface area contributed by atoms with Crippen molar-refractivity contribution in [3.63, 3.8) is 0 Å². The minimum absolute atomic E-state index is 0.0207. The normalized spacial score (nSPS) is 22.9. The Labute approximate surface area is 122 Å². The smallest absolute Gasteiger partial charge is 0.338 e. The second kappa shape index (κ2) is 5.63. The summed E-state index contributed by atoms with van der Waals surface area (Å²) in [5, 5.41) is 5.32. The molecule has 2 amide bonds. The van der Waals surface area contributed by atoms with Crippen LogP contribution in [0, 0.1) is 0 Å². The van der Waals surface area contributed by atoms with Crippen LogP contribution in [0.25, 0.3) is 0 Å². The van der Waals surface area contributed by atoms with E-state index in [1.54, 1.807) is 19.1 Å². The first-order valence-corrected chi connectivity index (χ1v) is 7.18. The molecule has 2 heterocycles. The molecule has 1 aromatic rings. The number of ether oxygens (including phenoxy) is 1. The van der Waals surface area contributed by atoms with E-state index in [2.05, 4.69) is 10.6 Å². The van der Waals surface area contributed by atoms with Crippen molar-refractivity contribution in [2.75, 3.05) is 0 Å². The molecule has 2 N–H and O–H groups in total. The predicted octanol–water partition coefficient (Wildman–Crippen LogP) is 2.39. The number of rotatable bonds is 3. The molecule has 2 aliphatic rings. The number of carbonyl (C=O) groups excluding carboxylic acids is 2. The second-order valence-electron chi connectivity index (χ2n) is 5.40. The molecule has 3 rings (SSSR count). The summed E-state index contributed by atoms with van der Waals surface area (Å²) in [5.74, 6) is 0.121. The van der Waals surface area contributed by atoms with Gasteiger partial charge in [-0.25, -0.2) is 9.59 Å². The van der Waals surface area contributed by atoms with Gasteiger partial charge in [0, 0.05) is 5.70 Å². The van der Waals surface area contributed by atoms with Crippen LogP contribution >= 0.6 is 0 Å². The van der Waals surface area contributed by atoms with Gasteiger partial charge in [-0.2, -0.15) is 0 Å². The lowest BCUT2D eigenvalue weighted by molar-refractivity contribution is -0.144. The van der Waals surface area contributed by atoms with Gasteiger partial charge in [0.05, 0.1) is 11.8 Å². The maximum atomic E-state index is 12.5. The molecule has 6 heteroatoms. The zero-order valence-electron chi connectivity index (χ0n) is 11.8. The molecule has 1 atom stereocenters. The summed E-state index contributed by atoms with van der Waals surface area (Å²) in [7, 11) is 0. The minimum Gasteiger partial charge on any atom is -0.467 e. The van der Waals surface area contributed by atoms with E-state index in [1.807, 2.05) is 0 Å². The number of urea groups is 1. The Morgan fingerprint density at radius 2 is 2.14 bits per heavy atom. The largest absolute Gasteiger partial charge is 0.467 e. The van der Waals surface area contributed by atoms with Crippen molar-refractivity contribution in [1.29, 1.82) is 0 Å². The van der Waals surface area contributed by atoms with Crippen LogP contribution in [0.15, 0.2) is 34.1 Å². The van der Waals surface area contributed by atoms with Crippen LogP contribution in [0.3, 0.4) is 0 Å². The fraction of sp³-hybridized carbons (Fsp3) is 0.467. The molecular formula is C15H18N2O4. The summed E-state index contributed by atoms with van der Waals surface area (Å²) in [6.07, 6.45) is 5.48. The number of hydrogen-bond acceptors (Lipinski definition) is 4. The van der Waals surface area contributed by atoms with E-state index >= 15 is 0 Å². The minimum atomic E-state index is -0.609. The van der Waals surface area contributed by atoms with Crippen LogP contribution < -0.4 is 10.6 Å². The number of amides is 2. The van der Waals surface area contributed by atoms with Gasteiger partial charge in [0.1, 0.15) is 17.9 Å². The summed E-state index contributed by atoms with van der Waals surface area (Å²) < 4.78 is 10.9. The molecule has 112 valence electrons. The topological polar surface area (TPSA) is 80.6 Å². The van der Waals surface area contributed by atoms with Gasteiger partial charge in [-0.3, -0.25) is 0 Å². The van der Waals surface area contributed by atoms with Crippen LogP contribution in [0.1, 0.15) is 44.4 Å². The van der Waals surface area contributed by atoms with Crippen LogP contribution in [0.2, 0.25) is 0 Å². The standard InChI is InChI=1S/C15H18N2O4/c1-9-12(14(18)21-10-5-2-3-6-10)13(17-15(19)16-9)11-7-4-8-20-11/h4,7-8,10,13H,2-3,5-6H2,1H3,(H2,16,17,19). The van der Waals surface area contributed by atoms with Crippen molar-refractivity contribution in [2.45, 2.75) is 44.8 Å². The Kier molecular flexibility index (Phi) is 3.68. The van der Waals surface area contributed by atoms with Crippen molar-refractivity contribution < 1.29 is 18.7 Å². The van der Waals surface area contributed by atoms with Gasteiger partial charge in [-0.1, -0.05) is 0 Å².